The van der Waals surface area contributed by atoms with Gasteiger partial charge in [-0.3, -0.25) is 34.3 Å². The molecule has 3 saturated heterocycles. The third-order valence-corrected chi connectivity index (χ3v) is 7.97. The van der Waals surface area contributed by atoms with Gasteiger partial charge in [0.25, 0.3) is 11.8 Å². The van der Waals surface area contributed by atoms with Crippen molar-refractivity contribution < 1.29 is 23.9 Å². The first-order chi connectivity index (χ1) is 17.3. The van der Waals surface area contributed by atoms with Gasteiger partial charge in [0.15, 0.2) is 0 Å². The predicted octanol–water partition coefficient (Wildman–Crippen LogP) is 2.01. The highest BCUT2D eigenvalue weighted by Crippen LogP contribution is 2.38. The minimum absolute atomic E-state index is 0.110. The predicted molar refractivity (Wildman–Crippen MR) is 130 cm³/mol. The number of piperidine rings is 1. The van der Waals surface area contributed by atoms with Crippen LogP contribution in [0.15, 0.2) is 36.4 Å². The maximum Gasteiger partial charge on any atom is 0.262 e. The molecule has 1 spiro atoms. The van der Waals surface area contributed by atoms with Crippen LogP contribution in [0.5, 0.6) is 0 Å². The van der Waals surface area contributed by atoms with E-state index in [1.165, 1.54) is 16.7 Å². The fraction of sp³-hybridized carbons (Fsp3) is 0.429. The number of amides is 4. The lowest BCUT2D eigenvalue weighted by molar-refractivity contribution is -0.191. The van der Waals surface area contributed by atoms with Gasteiger partial charge in [0.05, 0.1) is 24.3 Å². The number of hydrogen-bond acceptors (Lipinski definition) is 6. The number of nitrogens with one attached hydrogen (secondary N) is 1. The normalized spacial score (nSPS) is 22.9. The van der Waals surface area contributed by atoms with Crippen molar-refractivity contribution in [2.24, 2.45) is 5.41 Å². The van der Waals surface area contributed by atoms with Crippen LogP contribution in [-0.2, 0) is 33.7 Å². The number of carbonyl (C=O) groups excluding carboxylic acids is 4. The molecule has 2 aromatic rings. The number of imide groups is 2. The van der Waals surface area contributed by atoms with E-state index in [1.54, 1.807) is 12.1 Å². The third kappa shape index (κ3) is 3.85. The van der Waals surface area contributed by atoms with Crippen LogP contribution in [0.2, 0.25) is 0 Å². The minimum atomic E-state index is -0.948. The topological polar surface area (TPSA) is 96.0 Å². The first-order valence-corrected chi connectivity index (χ1v) is 12.6. The summed E-state index contributed by atoms with van der Waals surface area (Å²) in [7, 11) is 0. The molecule has 0 aliphatic carbocycles. The van der Waals surface area contributed by atoms with Crippen LogP contribution in [0.1, 0.15) is 55.8 Å². The van der Waals surface area contributed by atoms with E-state index in [4.69, 9.17) is 4.74 Å². The molecule has 2 aromatic carbocycles. The van der Waals surface area contributed by atoms with Gasteiger partial charge in [-0.2, -0.15) is 0 Å². The molecular weight excluding hydrogens is 458 g/mol. The molecule has 4 aliphatic rings. The Morgan fingerprint density at radius 3 is 2.50 bits per heavy atom. The van der Waals surface area contributed by atoms with E-state index in [-0.39, 0.29) is 18.7 Å². The Hall–Kier alpha value is -3.36. The quantitative estimate of drug-likeness (QED) is 0.627. The van der Waals surface area contributed by atoms with Crippen LogP contribution in [0, 0.1) is 12.3 Å². The highest BCUT2D eigenvalue weighted by Gasteiger charge is 2.48. The number of fused-ring (bicyclic) bond motifs is 1. The van der Waals surface area contributed by atoms with Gasteiger partial charge in [-0.25, -0.2) is 0 Å². The minimum Gasteiger partial charge on any atom is -0.380 e. The average Bonchev–Trinajstić information content (AvgIpc) is 3.05. The monoisotopic (exact) mass is 487 g/mol. The number of rotatable bonds is 6. The van der Waals surface area contributed by atoms with Gasteiger partial charge < -0.3 is 4.74 Å². The molecule has 36 heavy (non-hydrogen) atoms. The summed E-state index contributed by atoms with van der Waals surface area (Å²) in [5, 5.41) is 2.24. The van der Waals surface area contributed by atoms with Crippen molar-refractivity contribution in [3.05, 3.63) is 69.8 Å². The van der Waals surface area contributed by atoms with Gasteiger partial charge in [0.2, 0.25) is 11.8 Å². The van der Waals surface area contributed by atoms with Crippen LogP contribution >= 0.6 is 0 Å². The van der Waals surface area contributed by atoms with Crippen LogP contribution < -0.4 is 5.32 Å². The van der Waals surface area contributed by atoms with E-state index in [9.17, 15) is 19.2 Å². The van der Waals surface area contributed by atoms with E-state index < -0.39 is 23.8 Å². The third-order valence-electron chi connectivity index (χ3n) is 7.97. The van der Waals surface area contributed by atoms with Crippen molar-refractivity contribution >= 4 is 23.6 Å². The Labute approximate surface area is 209 Å². The molecule has 0 saturated carbocycles. The van der Waals surface area contributed by atoms with Gasteiger partial charge in [-0.15, -0.1) is 0 Å². The van der Waals surface area contributed by atoms with Crippen molar-refractivity contribution in [2.75, 3.05) is 26.3 Å². The smallest absolute Gasteiger partial charge is 0.262 e. The number of likely N-dealkylation sites (tertiary alicyclic amines) is 1. The zero-order chi connectivity index (χ0) is 25.0. The molecule has 6 rings (SSSR count). The Kier molecular flexibility index (Phi) is 5.53. The molecule has 1 unspecified atom stereocenters. The first-order valence-electron chi connectivity index (χ1n) is 12.6. The molecule has 1 N–H and O–H groups in total. The van der Waals surface area contributed by atoms with Crippen molar-refractivity contribution in [2.45, 2.75) is 45.2 Å². The highest BCUT2D eigenvalue weighted by molar-refractivity contribution is 6.24. The Morgan fingerprint density at radius 2 is 1.81 bits per heavy atom. The fourth-order valence-corrected chi connectivity index (χ4v) is 5.99. The summed E-state index contributed by atoms with van der Waals surface area (Å²) in [5.74, 6) is -1.88. The van der Waals surface area contributed by atoms with Gasteiger partial charge >= 0.3 is 0 Å². The summed E-state index contributed by atoms with van der Waals surface area (Å²) < 4.78 is 5.37. The molecular formula is C28H29N3O5. The van der Waals surface area contributed by atoms with Crippen LogP contribution in [-0.4, -0.2) is 65.8 Å². The summed E-state index contributed by atoms with van der Waals surface area (Å²) in [6, 6.07) is 10.9. The van der Waals surface area contributed by atoms with E-state index in [0.717, 1.165) is 49.7 Å². The molecule has 0 radical (unpaired) electrons. The molecule has 4 amide bonds. The molecule has 4 heterocycles. The number of benzene rings is 2. The van der Waals surface area contributed by atoms with Crippen molar-refractivity contribution in [1.82, 2.24) is 15.1 Å². The Bertz CT molecular complexity index is 1290. The van der Waals surface area contributed by atoms with Gasteiger partial charge in [-0.05, 0) is 54.5 Å². The highest BCUT2D eigenvalue weighted by atomic mass is 16.5. The summed E-state index contributed by atoms with van der Waals surface area (Å²) >= 11 is 0. The van der Waals surface area contributed by atoms with Crippen LogP contribution in [0.3, 0.4) is 0 Å². The van der Waals surface area contributed by atoms with Crippen molar-refractivity contribution in [1.29, 1.82) is 0 Å². The maximum absolute atomic E-state index is 13.3. The second kappa shape index (κ2) is 8.64. The largest absolute Gasteiger partial charge is 0.380 e. The molecule has 8 nitrogen and oxygen atoms in total. The summed E-state index contributed by atoms with van der Waals surface area (Å²) in [6.45, 7) is 7.09. The molecule has 4 aliphatic heterocycles. The maximum atomic E-state index is 13.3. The number of carbonyl (C=O) groups is 4. The Morgan fingerprint density at radius 1 is 1.00 bits per heavy atom. The lowest BCUT2D eigenvalue weighted by Gasteiger charge is -2.55. The first kappa shape index (κ1) is 23.1. The van der Waals surface area contributed by atoms with Crippen molar-refractivity contribution in [3.8, 4) is 0 Å². The zero-order valence-corrected chi connectivity index (χ0v) is 20.3. The van der Waals surface area contributed by atoms with Gasteiger partial charge in [0.1, 0.15) is 6.04 Å². The molecule has 8 heteroatoms. The molecule has 1 atom stereocenters. The fourth-order valence-electron chi connectivity index (χ4n) is 5.99. The zero-order valence-electron chi connectivity index (χ0n) is 20.3. The van der Waals surface area contributed by atoms with E-state index in [1.807, 2.05) is 6.07 Å². The van der Waals surface area contributed by atoms with E-state index >= 15 is 0 Å². The van der Waals surface area contributed by atoms with Crippen LogP contribution in [0.4, 0.5) is 0 Å². The lowest BCUT2D eigenvalue weighted by atomic mass is 9.78. The number of hydrogen-bond donors (Lipinski definition) is 1. The van der Waals surface area contributed by atoms with Crippen LogP contribution in [0.25, 0.3) is 0 Å². The van der Waals surface area contributed by atoms with E-state index in [0.29, 0.717) is 23.0 Å². The number of aryl methyl sites for hydroxylation is 3. The molecule has 0 bridgehead atoms. The second-order valence-electron chi connectivity index (χ2n) is 10.7. The lowest BCUT2D eigenvalue weighted by Crippen LogP contribution is -2.65. The standard InChI is InChI=1S/C28H29N3O5/c1-17-11-18(6-8-20(17)12-30-13-28(14-30)15-36-16-28)5-7-19-3-2-4-21-24(19)27(35)31(26(21)34)22-9-10-23(32)29-25(22)33/h2-4,6,8,11,22H,5,7,9-10,12-16H2,1H3,(H,29,32,33). The van der Waals surface area contributed by atoms with Gasteiger partial charge in [0, 0.05) is 31.5 Å². The summed E-state index contributed by atoms with van der Waals surface area (Å²) in [4.78, 5) is 53.7. The number of ether oxygens (including phenoxy) is 1. The van der Waals surface area contributed by atoms with E-state index in [2.05, 4.69) is 35.3 Å². The molecule has 186 valence electrons. The van der Waals surface area contributed by atoms with Crippen molar-refractivity contribution in [3.63, 3.8) is 0 Å². The summed E-state index contributed by atoms with van der Waals surface area (Å²) in [5.41, 5.74) is 5.69. The molecule has 3 fully saturated rings. The number of nitrogens with zero attached hydrogens (tertiary/aromatic N) is 2. The average molecular weight is 488 g/mol. The molecule has 0 aromatic heterocycles. The Balaban J connectivity index is 1.14. The van der Waals surface area contributed by atoms with Gasteiger partial charge in [-0.1, -0.05) is 30.3 Å². The second-order valence-corrected chi connectivity index (χ2v) is 10.7. The summed E-state index contributed by atoms with van der Waals surface area (Å²) in [6.07, 6.45) is 1.61. The SMILES string of the molecule is Cc1cc(CCc2cccc3c2C(=O)N(C2CCC(=O)NC2=O)C3=O)ccc1CN1CC2(COC2)C1.